The first-order valence-electron chi connectivity index (χ1n) is 18.7. The van der Waals surface area contributed by atoms with Crippen LogP contribution in [0, 0.1) is 0 Å². The monoisotopic (exact) mass is 698 g/mol. The molecular weight excluding hydrogens is 669 g/mol. The number of hydrogen-bond donors (Lipinski definition) is 0. The van der Waals surface area contributed by atoms with Crippen LogP contribution in [0.1, 0.15) is 0 Å². The zero-order valence-electron chi connectivity index (χ0n) is 29.6. The van der Waals surface area contributed by atoms with Crippen molar-refractivity contribution >= 4 is 64.9 Å². The third-order valence-electron chi connectivity index (χ3n) is 11.3. The van der Waals surface area contributed by atoms with Crippen LogP contribution in [0.4, 0.5) is 0 Å². The summed E-state index contributed by atoms with van der Waals surface area (Å²) in [5, 5.41) is 13.1. The average molecular weight is 699 g/mol. The molecule has 0 N–H and O–H groups in total. The lowest BCUT2D eigenvalue weighted by molar-refractivity contribution is 1.07. The summed E-state index contributed by atoms with van der Waals surface area (Å²) in [7, 11) is 0. The molecule has 4 heteroatoms. The summed E-state index contributed by atoms with van der Waals surface area (Å²) in [6.45, 7) is 0. The summed E-state index contributed by atoms with van der Waals surface area (Å²) in [4.78, 5) is 15.2. The van der Waals surface area contributed by atoms with Crippen LogP contribution in [-0.2, 0) is 0 Å². The third-order valence-corrected chi connectivity index (χ3v) is 11.3. The Morgan fingerprint density at radius 1 is 0.273 bits per heavy atom. The molecule has 0 unspecified atom stereocenters. The van der Waals surface area contributed by atoms with Crippen LogP contribution in [0.2, 0.25) is 0 Å². The predicted molar refractivity (Wildman–Crippen MR) is 228 cm³/mol. The van der Waals surface area contributed by atoms with Gasteiger partial charge in [0.1, 0.15) is 0 Å². The van der Waals surface area contributed by atoms with Crippen LogP contribution in [0.25, 0.3) is 116 Å². The summed E-state index contributed by atoms with van der Waals surface area (Å²) >= 11 is 0. The van der Waals surface area contributed by atoms with Gasteiger partial charge in [-0.3, -0.25) is 0 Å². The fraction of sp³-hybridized carbons (Fsp3) is 0. The van der Waals surface area contributed by atoms with E-state index in [-0.39, 0.29) is 0 Å². The molecule has 2 aromatic heterocycles. The van der Waals surface area contributed by atoms with E-state index in [1.165, 1.54) is 70.5 Å². The highest BCUT2D eigenvalue weighted by Crippen LogP contribution is 2.49. The second kappa shape index (κ2) is 11.5. The Kier molecular flexibility index (Phi) is 6.31. The number of benzene rings is 10. The molecule has 0 atom stereocenters. The van der Waals surface area contributed by atoms with E-state index in [1.807, 2.05) is 24.3 Å². The topological polar surface area (TPSA) is 43.6 Å². The van der Waals surface area contributed by atoms with E-state index in [9.17, 15) is 0 Å². The van der Waals surface area contributed by atoms with Gasteiger partial charge in [-0.05, 0) is 73.1 Å². The zero-order chi connectivity index (χ0) is 36.0. The van der Waals surface area contributed by atoms with Gasteiger partial charge in [-0.1, -0.05) is 158 Å². The van der Waals surface area contributed by atoms with Gasteiger partial charge in [-0.15, -0.1) is 0 Å². The Hall–Kier alpha value is -7.43. The van der Waals surface area contributed by atoms with Crippen LogP contribution in [0.15, 0.2) is 182 Å². The maximum Gasteiger partial charge on any atom is 0.164 e. The largest absolute Gasteiger partial charge is 0.309 e. The molecule has 12 aromatic rings. The molecule has 4 nitrogen and oxygen atoms in total. The third kappa shape index (κ3) is 4.43. The molecule has 254 valence electrons. The fourth-order valence-corrected chi connectivity index (χ4v) is 8.94. The number of rotatable bonds is 5. The molecule has 0 fully saturated rings. The molecule has 0 spiro atoms. The Bertz CT molecular complexity index is 3400. The first-order valence-corrected chi connectivity index (χ1v) is 18.7. The first kappa shape index (κ1) is 30.1. The quantitative estimate of drug-likeness (QED) is 0.133. The molecule has 0 radical (unpaired) electrons. The highest BCUT2D eigenvalue weighted by Gasteiger charge is 2.24. The molecule has 10 aromatic carbocycles. The summed E-state index contributed by atoms with van der Waals surface area (Å²) in [6, 6.07) is 64.8. The Balaban J connectivity index is 1.07. The number of fused-ring (bicyclic) bond motifs is 4. The maximum atomic E-state index is 5.13. The van der Waals surface area contributed by atoms with Gasteiger partial charge >= 0.3 is 0 Å². The van der Waals surface area contributed by atoms with E-state index in [4.69, 9.17) is 15.0 Å². The molecule has 0 amide bonds. The lowest BCUT2D eigenvalue weighted by Crippen LogP contribution is -2.01. The fourth-order valence-electron chi connectivity index (χ4n) is 8.94. The van der Waals surface area contributed by atoms with Gasteiger partial charge in [-0.2, -0.15) is 0 Å². The summed E-state index contributed by atoms with van der Waals surface area (Å²) < 4.78 is 2.42. The molecule has 0 bridgehead atoms. The minimum Gasteiger partial charge on any atom is -0.309 e. The van der Waals surface area contributed by atoms with Gasteiger partial charge in [0.05, 0.1) is 11.0 Å². The van der Waals surface area contributed by atoms with Crippen LogP contribution >= 0.6 is 0 Å². The van der Waals surface area contributed by atoms with Crippen molar-refractivity contribution in [1.29, 1.82) is 0 Å². The Labute approximate surface area is 316 Å². The molecular formula is C51H30N4. The minimum absolute atomic E-state index is 0.634. The summed E-state index contributed by atoms with van der Waals surface area (Å²) in [5.74, 6) is 1.92. The molecule has 0 saturated heterocycles. The molecule has 2 heterocycles. The highest BCUT2D eigenvalue weighted by molar-refractivity contribution is 6.44. The van der Waals surface area contributed by atoms with E-state index in [0.29, 0.717) is 17.5 Å². The molecule has 0 aliphatic heterocycles. The van der Waals surface area contributed by atoms with E-state index < -0.39 is 0 Å². The van der Waals surface area contributed by atoms with Crippen molar-refractivity contribution in [1.82, 2.24) is 19.5 Å². The molecule has 0 aliphatic rings. The maximum absolute atomic E-state index is 5.13. The lowest BCUT2D eigenvalue weighted by Gasteiger charge is -2.16. The Morgan fingerprint density at radius 3 is 1.44 bits per heavy atom. The van der Waals surface area contributed by atoms with Crippen molar-refractivity contribution in [2.45, 2.75) is 0 Å². The van der Waals surface area contributed by atoms with Gasteiger partial charge in [0, 0.05) is 38.5 Å². The van der Waals surface area contributed by atoms with Gasteiger partial charge in [0.15, 0.2) is 17.5 Å². The van der Waals surface area contributed by atoms with Gasteiger partial charge in [-0.25, -0.2) is 15.0 Å². The second-order valence-electron chi connectivity index (χ2n) is 14.4. The minimum atomic E-state index is 0.634. The predicted octanol–water partition coefficient (Wildman–Crippen LogP) is 13.1. The average Bonchev–Trinajstić information content (AvgIpc) is 3.61. The van der Waals surface area contributed by atoms with Crippen molar-refractivity contribution in [3.8, 4) is 51.0 Å². The van der Waals surface area contributed by atoms with Crippen molar-refractivity contribution in [2.75, 3.05) is 0 Å². The van der Waals surface area contributed by atoms with Crippen molar-refractivity contribution in [3.05, 3.63) is 182 Å². The molecule has 0 aliphatic carbocycles. The number of hydrogen-bond acceptors (Lipinski definition) is 3. The van der Waals surface area contributed by atoms with Crippen molar-refractivity contribution in [2.24, 2.45) is 0 Å². The standard InChI is InChI=1S/C51H30N4/c1-3-12-31(13-4-1)32-24-26-34(27-25-32)50-52-49(33-14-5-2-6-15-33)53-51(54-50)35-16-9-17-36(30-35)55-43-23-11-22-41-40-21-10-20-39-37-18-7-8-19-38(37)42-28-29-44(55)48(46(41)43)47(42)45(39)40/h1-30H. The summed E-state index contributed by atoms with van der Waals surface area (Å²) in [6.07, 6.45) is 0. The SMILES string of the molecule is c1ccc(-c2ccc(-c3nc(-c4ccccc4)nc(-c4cccc(-n5c6cccc7c8cccc9c%10ccccc%10c%10ccc5c(c%10c98)c76)c4)n3)cc2)cc1. The van der Waals surface area contributed by atoms with Crippen LogP contribution in [-0.4, -0.2) is 19.5 Å². The van der Waals surface area contributed by atoms with Gasteiger partial charge < -0.3 is 4.57 Å². The van der Waals surface area contributed by atoms with Crippen LogP contribution in [0.5, 0.6) is 0 Å². The first-order chi connectivity index (χ1) is 27.3. The molecule has 55 heavy (non-hydrogen) atoms. The zero-order valence-corrected chi connectivity index (χ0v) is 29.6. The van der Waals surface area contributed by atoms with E-state index in [2.05, 4.69) is 162 Å². The van der Waals surface area contributed by atoms with Crippen LogP contribution < -0.4 is 0 Å². The number of nitrogens with zero attached hydrogens (tertiary/aromatic N) is 4. The second-order valence-corrected chi connectivity index (χ2v) is 14.4. The Morgan fingerprint density at radius 2 is 0.727 bits per heavy atom. The van der Waals surface area contributed by atoms with Gasteiger partial charge in [0.25, 0.3) is 0 Å². The summed E-state index contributed by atoms with van der Waals surface area (Å²) in [5.41, 5.74) is 8.58. The highest BCUT2D eigenvalue weighted by atomic mass is 15.0. The molecule has 0 saturated carbocycles. The van der Waals surface area contributed by atoms with E-state index >= 15 is 0 Å². The van der Waals surface area contributed by atoms with Crippen LogP contribution in [0.3, 0.4) is 0 Å². The van der Waals surface area contributed by atoms with Gasteiger partial charge in [0.2, 0.25) is 0 Å². The normalized spacial score (nSPS) is 12.0. The smallest absolute Gasteiger partial charge is 0.164 e. The van der Waals surface area contributed by atoms with E-state index in [0.717, 1.165) is 27.9 Å². The lowest BCUT2D eigenvalue weighted by atomic mass is 9.86. The molecule has 12 rings (SSSR count). The number of aromatic nitrogens is 4. The van der Waals surface area contributed by atoms with Crippen molar-refractivity contribution in [3.63, 3.8) is 0 Å². The van der Waals surface area contributed by atoms with E-state index in [1.54, 1.807) is 0 Å². The van der Waals surface area contributed by atoms with Crippen molar-refractivity contribution < 1.29 is 0 Å².